The number of hydrogen-bond donors (Lipinski definition) is 1. The first-order chi connectivity index (χ1) is 11.6. The molecule has 128 valence electrons. The van der Waals surface area contributed by atoms with Crippen LogP contribution in [-0.4, -0.2) is 44.1 Å². The molecule has 24 heavy (non-hydrogen) atoms. The number of nitrogens with zero attached hydrogens (tertiary/aromatic N) is 1. The van der Waals surface area contributed by atoms with Crippen molar-refractivity contribution < 1.29 is 18.8 Å². The molecule has 1 aliphatic heterocycles. The molecule has 1 saturated heterocycles. The van der Waals surface area contributed by atoms with Crippen LogP contribution in [0.3, 0.4) is 0 Å². The van der Waals surface area contributed by atoms with Gasteiger partial charge in [-0.05, 0) is 30.3 Å². The molecular weight excluding hydrogens is 351 g/mol. The summed E-state index contributed by atoms with van der Waals surface area (Å²) >= 11 is 7.21. The van der Waals surface area contributed by atoms with Crippen molar-refractivity contribution >= 4 is 28.8 Å². The molecule has 0 bridgehead atoms. The predicted octanol–water partition coefficient (Wildman–Crippen LogP) is 2.09. The van der Waals surface area contributed by atoms with Crippen molar-refractivity contribution in [3.63, 3.8) is 0 Å². The van der Waals surface area contributed by atoms with Gasteiger partial charge in [-0.2, -0.15) is 0 Å². The number of amides is 1. The zero-order chi connectivity index (χ0) is 17.1. The number of piperazine rings is 1. The van der Waals surface area contributed by atoms with Crippen LogP contribution in [0.5, 0.6) is 5.75 Å². The van der Waals surface area contributed by atoms with Crippen molar-refractivity contribution in [1.29, 1.82) is 0 Å². The van der Waals surface area contributed by atoms with E-state index in [2.05, 4.69) is 0 Å². The zero-order valence-corrected chi connectivity index (χ0v) is 14.9. The number of thiophene rings is 1. The Morgan fingerprint density at radius 3 is 2.71 bits per heavy atom. The second-order valence-electron chi connectivity index (χ2n) is 5.78. The van der Waals surface area contributed by atoms with Gasteiger partial charge >= 0.3 is 0 Å². The topological polar surface area (TPSA) is 34.0 Å². The summed E-state index contributed by atoms with van der Waals surface area (Å²) in [5.74, 6) is 0.485. The molecule has 0 spiro atoms. The van der Waals surface area contributed by atoms with Gasteiger partial charge in [0, 0.05) is 0 Å². The highest BCUT2D eigenvalue weighted by Crippen LogP contribution is 2.23. The normalized spacial score (nSPS) is 15.5. The van der Waals surface area contributed by atoms with E-state index in [0.717, 1.165) is 18.7 Å². The highest BCUT2D eigenvalue weighted by atomic mass is 35.5. The standard InChI is InChI=1S/C17H18ClFN2O2S/c1-23-14-3-2-13(19)10-12(14)11-20-6-8-21(9-7-20)17(22)15-4-5-16(18)24-15/h2-5,10H,6-9,11H2,1H3/p+1. The quantitative estimate of drug-likeness (QED) is 0.895. The van der Waals surface area contributed by atoms with E-state index < -0.39 is 0 Å². The minimum absolute atomic E-state index is 0.0364. The van der Waals surface area contributed by atoms with E-state index in [4.69, 9.17) is 16.3 Å². The van der Waals surface area contributed by atoms with Gasteiger partial charge in [0.25, 0.3) is 5.91 Å². The number of carbonyl (C=O) groups is 1. The summed E-state index contributed by atoms with van der Waals surface area (Å²) < 4.78 is 19.4. The fraction of sp³-hybridized carbons (Fsp3) is 0.353. The van der Waals surface area contributed by atoms with Gasteiger partial charge in [-0.3, -0.25) is 4.79 Å². The maximum atomic E-state index is 13.5. The van der Waals surface area contributed by atoms with Gasteiger partial charge in [0.1, 0.15) is 18.1 Å². The van der Waals surface area contributed by atoms with Crippen LogP contribution < -0.4 is 9.64 Å². The summed E-state index contributed by atoms with van der Waals surface area (Å²) in [6.07, 6.45) is 0. The number of nitrogens with one attached hydrogen (secondary N) is 1. The lowest BCUT2D eigenvalue weighted by Crippen LogP contribution is -3.13. The van der Waals surface area contributed by atoms with Crippen molar-refractivity contribution in [2.45, 2.75) is 6.54 Å². The van der Waals surface area contributed by atoms with Gasteiger partial charge in [0.15, 0.2) is 0 Å². The summed E-state index contributed by atoms with van der Waals surface area (Å²) in [6.45, 7) is 3.70. The number of ether oxygens (including phenoxy) is 1. The number of halogens is 2. The first kappa shape index (κ1) is 17.2. The Bertz CT molecular complexity index is 729. The minimum atomic E-state index is -0.256. The molecule has 1 aromatic carbocycles. The monoisotopic (exact) mass is 369 g/mol. The van der Waals surface area contributed by atoms with Gasteiger partial charge in [-0.1, -0.05) is 11.6 Å². The third-order valence-corrected chi connectivity index (χ3v) is 5.44. The van der Waals surface area contributed by atoms with Crippen LogP contribution in [0.15, 0.2) is 30.3 Å². The Kier molecular flexibility index (Phi) is 5.38. The van der Waals surface area contributed by atoms with Crippen molar-refractivity contribution in [2.24, 2.45) is 0 Å². The first-order valence-electron chi connectivity index (χ1n) is 7.77. The number of quaternary nitrogens is 1. The third kappa shape index (κ3) is 3.88. The van der Waals surface area contributed by atoms with Crippen LogP contribution in [-0.2, 0) is 6.54 Å². The zero-order valence-electron chi connectivity index (χ0n) is 13.4. The molecule has 0 unspecified atom stereocenters. The van der Waals surface area contributed by atoms with Crippen LogP contribution >= 0.6 is 22.9 Å². The summed E-state index contributed by atoms with van der Waals surface area (Å²) in [5, 5.41) is 0. The number of carbonyl (C=O) groups excluding carboxylic acids is 1. The second kappa shape index (κ2) is 7.51. The maximum absolute atomic E-state index is 13.5. The van der Waals surface area contributed by atoms with Crippen molar-refractivity contribution in [2.75, 3.05) is 33.3 Å². The van der Waals surface area contributed by atoms with E-state index in [1.165, 1.54) is 28.4 Å². The molecule has 0 radical (unpaired) electrons. The smallest absolute Gasteiger partial charge is 0.264 e. The number of methoxy groups -OCH3 is 1. The fourth-order valence-corrected chi connectivity index (χ4v) is 3.95. The Morgan fingerprint density at radius 1 is 1.33 bits per heavy atom. The molecule has 0 aliphatic carbocycles. The Balaban J connectivity index is 1.59. The number of benzene rings is 1. The van der Waals surface area contributed by atoms with Crippen LogP contribution in [0.4, 0.5) is 4.39 Å². The third-order valence-electron chi connectivity index (χ3n) is 4.22. The molecule has 3 rings (SSSR count). The van der Waals surface area contributed by atoms with Gasteiger partial charge in [0.2, 0.25) is 0 Å². The maximum Gasteiger partial charge on any atom is 0.264 e. The second-order valence-corrected chi connectivity index (χ2v) is 7.49. The highest BCUT2D eigenvalue weighted by Gasteiger charge is 2.26. The largest absolute Gasteiger partial charge is 0.496 e. The van der Waals surface area contributed by atoms with Gasteiger partial charge in [-0.25, -0.2) is 4.39 Å². The van der Waals surface area contributed by atoms with Gasteiger partial charge in [-0.15, -0.1) is 11.3 Å². The molecule has 1 aromatic heterocycles. The predicted molar refractivity (Wildman–Crippen MR) is 92.6 cm³/mol. The van der Waals surface area contributed by atoms with E-state index in [9.17, 15) is 9.18 Å². The summed E-state index contributed by atoms with van der Waals surface area (Å²) in [4.78, 5) is 16.3. The Morgan fingerprint density at radius 2 is 2.08 bits per heavy atom. The molecule has 7 heteroatoms. The molecule has 4 nitrogen and oxygen atoms in total. The fourth-order valence-electron chi connectivity index (χ4n) is 2.94. The molecule has 1 amide bonds. The lowest BCUT2D eigenvalue weighted by atomic mass is 10.1. The molecule has 1 aliphatic rings. The summed E-state index contributed by atoms with van der Waals surface area (Å²) in [6, 6.07) is 8.10. The lowest BCUT2D eigenvalue weighted by Gasteiger charge is -2.32. The summed E-state index contributed by atoms with van der Waals surface area (Å²) in [5.41, 5.74) is 0.859. The van der Waals surface area contributed by atoms with E-state index in [-0.39, 0.29) is 11.7 Å². The number of hydrogen-bond acceptors (Lipinski definition) is 3. The lowest BCUT2D eigenvalue weighted by molar-refractivity contribution is -0.917. The Labute approximate surface area is 149 Å². The molecular formula is C17H19ClFN2O2S+. The molecule has 1 fully saturated rings. The average Bonchev–Trinajstić information content (AvgIpc) is 3.02. The first-order valence-corrected chi connectivity index (χ1v) is 8.97. The van der Waals surface area contributed by atoms with E-state index in [1.54, 1.807) is 25.3 Å². The van der Waals surface area contributed by atoms with Crippen LogP contribution in [0, 0.1) is 5.82 Å². The van der Waals surface area contributed by atoms with Crippen molar-refractivity contribution in [3.8, 4) is 5.75 Å². The molecule has 2 aromatic rings. The van der Waals surface area contributed by atoms with Crippen LogP contribution in [0.2, 0.25) is 4.34 Å². The highest BCUT2D eigenvalue weighted by molar-refractivity contribution is 7.17. The van der Waals surface area contributed by atoms with Gasteiger partial charge in [0.05, 0.1) is 48.1 Å². The molecule has 2 heterocycles. The average molecular weight is 370 g/mol. The van der Waals surface area contributed by atoms with Crippen molar-refractivity contribution in [3.05, 3.63) is 50.9 Å². The molecule has 0 atom stereocenters. The molecule has 0 saturated carbocycles. The molecule has 1 N–H and O–H groups in total. The minimum Gasteiger partial charge on any atom is -0.496 e. The van der Waals surface area contributed by atoms with E-state index in [0.29, 0.717) is 34.6 Å². The van der Waals surface area contributed by atoms with Crippen LogP contribution in [0.1, 0.15) is 15.2 Å². The Hall–Kier alpha value is -1.63. The van der Waals surface area contributed by atoms with E-state index >= 15 is 0 Å². The van der Waals surface area contributed by atoms with Crippen LogP contribution in [0.25, 0.3) is 0 Å². The van der Waals surface area contributed by atoms with Gasteiger partial charge < -0.3 is 14.5 Å². The summed E-state index contributed by atoms with van der Waals surface area (Å²) in [7, 11) is 1.59. The SMILES string of the molecule is COc1ccc(F)cc1C[NH+]1CCN(C(=O)c2ccc(Cl)s2)CC1. The van der Waals surface area contributed by atoms with Crippen molar-refractivity contribution in [1.82, 2.24) is 4.90 Å². The van der Waals surface area contributed by atoms with E-state index in [1.807, 2.05) is 4.90 Å². The number of rotatable bonds is 4.